The summed E-state index contributed by atoms with van der Waals surface area (Å²) in [5, 5.41) is 9.37. The number of carbonyl (C=O) groups excluding carboxylic acids is 1. The first-order valence-corrected chi connectivity index (χ1v) is 9.17. The molecule has 0 saturated carbocycles. The number of para-hydroxylation sites is 1. The van der Waals surface area contributed by atoms with E-state index in [0.29, 0.717) is 6.54 Å². The van der Waals surface area contributed by atoms with Crippen molar-refractivity contribution in [1.29, 1.82) is 0 Å². The van der Waals surface area contributed by atoms with Crippen LogP contribution in [0.3, 0.4) is 0 Å². The third kappa shape index (κ3) is 4.00. The highest BCUT2D eigenvalue weighted by atomic mass is 32.1. The van der Waals surface area contributed by atoms with E-state index < -0.39 is 0 Å². The van der Waals surface area contributed by atoms with Gasteiger partial charge < -0.3 is 15.5 Å². The minimum absolute atomic E-state index is 0.124. The maximum absolute atomic E-state index is 12.3. The number of rotatable bonds is 5. The van der Waals surface area contributed by atoms with E-state index in [1.54, 1.807) is 11.3 Å². The third-order valence-electron chi connectivity index (χ3n) is 4.34. The summed E-state index contributed by atoms with van der Waals surface area (Å²) >= 11 is 1.74. The molecule has 0 fully saturated rings. The Hall–Kier alpha value is -2.37. The molecule has 5 heteroatoms. The summed E-state index contributed by atoms with van der Waals surface area (Å²) in [7, 11) is 4.08. The van der Waals surface area contributed by atoms with Gasteiger partial charge in [-0.25, -0.2) is 4.79 Å². The molecule has 130 valence electrons. The number of nitrogens with zero attached hydrogens (tertiary/aromatic N) is 1. The van der Waals surface area contributed by atoms with Crippen LogP contribution in [-0.4, -0.2) is 31.6 Å². The smallest absolute Gasteiger partial charge is 0.319 e. The molecule has 1 heterocycles. The van der Waals surface area contributed by atoms with Crippen LogP contribution in [0.2, 0.25) is 0 Å². The summed E-state index contributed by atoms with van der Waals surface area (Å²) in [6.45, 7) is 2.53. The standard InChI is InChI=1S/C20H23N3OS/c1-14-8-4-6-10-17(14)22-20(24)21-12-18(23(2)3)16-13-25-19-11-7-5-9-15(16)19/h4-11,13,18H,12H2,1-3H3,(H2,21,22,24). The van der Waals surface area contributed by atoms with Crippen molar-refractivity contribution in [3.63, 3.8) is 0 Å². The SMILES string of the molecule is Cc1ccccc1NC(=O)NCC(c1csc2ccccc12)N(C)C. The van der Waals surface area contributed by atoms with Crippen LogP contribution in [0.4, 0.5) is 10.5 Å². The molecule has 0 spiro atoms. The van der Waals surface area contributed by atoms with Gasteiger partial charge in [0.05, 0.1) is 6.04 Å². The van der Waals surface area contributed by atoms with Gasteiger partial charge in [-0.1, -0.05) is 36.4 Å². The molecule has 4 nitrogen and oxygen atoms in total. The van der Waals surface area contributed by atoms with E-state index >= 15 is 0 Å². The highest BCUT2D eigenvalue weighted by molar-refractivity contribution is 7.17. The average Bonchev–Trinajstić information content (AvgIpc) is 3.01. The van der Waals surface area contributed by atoms with Gasteiger partial charge in [-0.3, -0.25) is 0 Å². The molecule has 3 aromatic rings. The minimum atomic E-state index is -0.180. The molecule has 2 amide bonds. The number of nitrogens with one attached hydrogen (secondary N) is 2. The summed E-state index contributed by atoms with van der Waals surface area (Å²) < 4.78 is 1.27. The van der Waals surface area contributed by atoms with Gasteiger partial charge in [0.1, 0.15) is 0 Å². The lowest BCUT2D eigenvalue weighted by atomic mass is 10.0. The molecule has 25 heavy (non-hydrogen) atoms. The van der Waals surface area contributed by atoms with Gasteiger partial charge in [-0.05, 0) is 55.0 Å². The molecular formula is C20H23N3OS. The monoisotopic (exact) mass is 353 g/mol. The summed E-state index contributed by atoms with van der Waals surface area (Å²) in [5.41, 5.74) is 3.13. The Kier molecular flexibility index (Phi) is 5.36. The second-order valence-electron chi connectivity index (χ2n) is 6.32. The average molecular weight is 353 g/mol. The fourth-order valence-corrected chi connectivity index (χ4v) is 3.90. The van der Waals surface area contributed by atoms with Gasteiger partial charge in [0.15, 0.2) is 0 Å². The molecule has 1 aromatic heterocycles. The fraction of sp³-hybridized carbons (Fsp3) is 0.250. The lowest BCUT2D eigenvalue weighted by Gasteiger charge is -2.24. The molecule has 2 N–H and O–H groups in total. The summed E-state index contributed by atoms with van der Waals surface area (Å²) in [5.74, 6) is 0. The van der Waals surface area contributed by atoms with Gasteiger partial charge in [-0.2, -0.15) is 0 Å². The molecule has 0 saturated heterocycles. The molecule has 2 aromatic carbocycles. The number of thiophene rings is 1. The van der Waals surface area contributed by atoms with Crippen LogP contribution in [0.1, 0.15) is 17.2 Å². The van der Waals surface area contributed by atoms with Crippen molar-refractivity contribution in [3.8, 4) is 0 Å². The fourth-order valence-electron chi connectivity index (χ4n) is 2.90. The maximum atomic E-state index is 12.3. The Balaban J connectivity index is 1.70. The first kappa shape index (κ1) is 17.5. The molecule has 0 aliphatic rings. The number of likely N-dealkylation sites (N-methyl/N-ethyl adjacent to an activating group) is 1. The second kappa shape index (κ2) is 7.68. The largest absolute Gasteiger partial charge is 0.336 e. The topological polar surface area (TPSA) is 44.4 Å². The maximum Gasteiger partial charge on any atom is 0.319 e. The van der Waals surface area contributed by atoms with E-state index in [0.717, 1.165) is 11.3 Å². The molecule has 1 atom stereocenters. The van der Waals surface area contributed by atoms with E-state index in [2.05, 4.69) is 45.2 Å². The molecule has 1 unspecified atom stereocenters. The molecule has 0 radical (unpaired) electrons. The van der Waals surface area contributed by atoms with Crippen LogP contribution in [0, 0.1) is 6.92 Å². The van der Waals surface area contributed by atoms with E-state index in [-0.39, 0.29) is 12.1 Å². The number of carbonyl (C=O) groups is 1. The van der Waals surface area contributed by atoms with Crippen molar-refractivity contribution in [1.82, 2.24) is 10.2 Å². The summed E-state index contributed by atoms with van der Waals surface area (Å²) in [6, 6.07) is 16.1. The zero-order valence-electron chi connectivity index (χ0n) is 14.7. The predicted molar refractivity (Wildman–Crippen MR) is 106 cm³/mol. The molecule has 0 aliphatic heterocycles. The van der Waals surface area contributed by atoms with Gasteiger partial charge in [0.2, 0.25) is 0 Å². The van der Waals surface area contributed by atoms with Crippen LogP contribution >= 0.6 is 11.3 Å². The van der Waals surface area contributed by atoms with Crippen molar-refractivity contribution >= 4 is 33.1 Å². The van der Waals surface area contributed by atoms with Gasteiger partial charge >= 0.3 is 6.03 Å². The Morgan fingerprint density at radius 1 is 1.12 bits per heavy atom. The zero-order chi connectivity index (χ0) is 17.8. The number of fused-ring (bicyclic) bond motifs is 1. The predicted octanol–water partition coefficient (Wildman–Crippen LogP) is 4.63. The van der Waals surface area contributed by atoms with E-state index in [1.165, 1.54) is 15.6 Å². The van der Waals surface area contributed by atoms with Crippen LogP contribution in [0.5, 0.6) is 0 Å². The van der Waals surface area contributed by atoms with Crippen molar-refractivity contribution < 1.29 is 4.79 Å². The first-order valence-electron chi connectivity index (χ1n) is 8.29. The van der Waals surface area contributed by atoms with Crippen LogP contribution in [0.15, 0.2) is 53.9 Å². The number of hydrogen-bond acceptors (Lipinski definition) is 3. The third-order valence-corrected chi connectivity index (χ3v) is 5.32. The van der Waals surface area contributed by atoms with Gasteiger partial charge in [0.25, 0.3) is 0 Å². The number of aryl methyl sites for hydroxylation is 1. The Bertz CT molecular complexity index is 872. The molecule has 0 aliphatic carbocycles. The Morgan fingerprint density at radius 2 is 1.84 bits per heavy atom. The van der Waals surface area contributed by atoms with Crippen molar-refractivity contribution in [2.45, 2.75) is 13.0 Å². The molecular weight excluding hydrogens is 330 g/mol. The van der Waals surface area contributed by atoms with E-state index in [1.807, 2.05) is 45.3 Å². The van der Waals surface area contributed by atoms with Gasteiger partial charge in [-0.15, -0.1) is 11.3 Å². The molecule has 0 bridgehead atoms. The quantitative estimate of drug-likeness (QED) is 0.702. The van der Waals surface area contributed by atoms with E-state index in [9.17, 15) is 4.79 Å². The van der Waals surface area contributed by atoms with Crippen molar-refractivity contribution in [2.75, 3.05) is 26.0 Å². The lowest BCUT2D eigenvalue weighted by Crippen LogP contribution is -2.36. The lowest BCUT2D eigenvalue weighted by molar-refractivity contribution is 0.243. The van der Waals surface area contributed by atoms with Crippen molar-refractivity contribution in [2.24, 2.45) is 0 Å². The summed E-state index contributed by atoms with van der Waals surface area (Å²) in [6.07, 6.45) is 0. The van der Waals surface area contributed by atoms with Crippen LogP contribution < -0.4 is 10.6 Å². The normalized spacial score (nSPS) is 12.3. The zero-order valence-corrected chi connectivity index (χ0v) is 15.6. The highest BCUT2D eigenvalue weighted by Crippen LogP contribution is 2.32. The highest BCUT2D eigenvalue weighted by Gasteiger charge is 2.19. The van der Waals surface area contributed by atoms with Crippen molar-refractivity contribution in [3.05, 3.63) is 65.0 Å². The van der Waals surface area contributed by atoms with Crippen LogP contribution in [0.25, 0.3) is 10.1 Å². The Morgan fingerprint density at radius 3 is 2.60 bits per heavy atom. The number of anilines is 1. The summed E-state index contributed by atoms with van der Waals surface area (Å²) in [4.78, 5) is 14.4. The first-order chi connectivity index (χ1) is 12.1. The number of amides is 2. The molecule has 3 rings (SSSR count). The van der Waals surface area contributed by atoms with Crippen LogP contribution in [-0.2, 0) is 0 Å². The number of urea groups is 1. The number of benzene rings is 2. The number of hydrogen-bond donors (Lipinski definition) is 2. The second-order valence-corrected chi connectivity index (χ2v) is 7.23. The van der Waals surface area contributed by atoms with E-state index in [4.69, 9.17) is 0 Å². The van der Waals surface area contributed by atoms with Gasteiger partial charge in [0, 0.05) is 16.9 Å². The Labute approximate surface area is 152 Å². The minimum Gasteiger partial charge on any atom is -0.336 e.